The third-order valence-electron chi connectivity index (χ3n) is 4.75. The van der Waals surface area contributed by atoms with Crippen LogP contribution in [0.5, 0.6) is 5.75 Å². The fourth-order valence-corrected chi connectivity index (χ4v) is 4.24. The van der Waals surface area contributed by atoms with Crippen LogP contribution in [0.2, 0.25) is 0 Å². The second kappa shape index (κ2) is 9.54. The summed E-state index contributed by atoms with van der Waals surface area (Å²) in [5.41, 5.74) is 2.98. The molecule has 1 aliphatic rings. The Hall–Kier alpha value is -1.50. The first-order valence-electron chi connectivity index (χ1n) is 9.92. The van der Waals surface area contributed by atoms with E-state index in [-0.39, 0.29) is 23.5 Å². The van der Waals surface area contributed by atoms with Gasteiger partial charge in [-0.05, 0) is 34.6 Å². The van der Waals surface area contributed by atoms with Gasteiger partial charge in [0.2, 0.25) is 0 Å². The highest BCUT2D eigenvalue weighted by atomic mass is 32.2. The lowest BCUT2D eigenvalue weighted by molar-refractivity contribution is -0.130. The van der Waals surface area contributed by atoms with Crippen molar-refractivity contribution in [1.29, 1.82) is 0 Å². The Balaban J connectivity index is 2.59. The Morgan fingerprint density at radius 1 is 1.03 bits per heavy atom. The number of carbonyl (C=O) groups is 1. The molecule has 162 valence electrons. The van der Waals surface area contributed by atoms with Crippen LogP contribution in [0.1, 0.15) is 58.2 Å². The summed E-state index contributed by atoms with van der Waals surface area (Å²) in [7, 11) is 3.24. The van der Waals surface area contributed by atoms with E-state index in [0.717, 1.165) is 33.1 Å². The van der Waals surface area contributed by atoms with E-state index in [2.05, 4.69) is 53.7 Å². The minimum atomic E-state index is -0.122. The van der Waals surface area contributed by atoms with Gasteiger partial charge in [0.15, 0.2) is 6.79 Å². The van der Waals surface area contributed by atoms with Crippen molar-refractivity contribution in [2.75, 3.05) is 40.0 Å². The predicted molar refractivity (Wildman–Crippen MR) is 120 cm³/mol. The van der Waals surface area contributed by atoms with Crippen molar-refractivity contribution >= 4 is 23.7 Å². The average molecular weight is 422 g/mol. The molecule has 0 spiro atoms. The summed E-state index contributed by atoms with van der Waals surface area (Å²) in [4.78, 5) is 15.3. The number of methoxy groups -OCH3 is 2. The van der Waals surface area contributed by atoms with Gasteiger partial charge in [-0.15, -0.1) is 11.8 Å². The Labute approximate surface area is 179 Å². The molecule has 1 amide bonds. The summed E-state index contributed by atoms with van der Waals surface area (Å²) in [6, 6.07) is 4.27. The summed E-state index contributed by atoms with van der Waals surface area (Å²) in [5, 5.41) is 0. The largest absolute Gasteiger partial charge is 0.467 e. The zero-order chi connectivity index (χ0) is 21.8. The molecule has 0 bridgehead atoms. The Kier molecular flexibility index (Phi) is 7.82. The molecule has 0 radical (unpaired) electrons. The lowest BCUT2D eigenvalue weighted by Crippen LogP contribution is -2.38. The first-order valence-corrected chi connectivity index (χ1v) is 10.9. The van der Waals surface area contributed by atoms with Crippen molar-refractivity contribution in [1.82, 2.24) is 4.90 Å². The second-order valence-corrected chi connectivity index (χ2v) is 10.5. The summed E-state index contributed by atoms with van der Waals surface area (Å²) in [6.07, 6.45) is 2.00. The highest BCUT2D eigenvalue weighted by Crippen LogP contribution is 2.41. The highest BCUT2D eigenvalue weighted by molar-refractivity contribution is 8.04. The smallest absolute Gasteiger partial charge is 0.262 e. The minimum Gasteiger partial charge on any atom is -0.467 e. The van der Waals surface area contributed by atoms with Crippen LogP contribution in [0, 0.1) is 0 Å². The summed E-state index contributed by atoms with van der Waals surface area (Å²) >= 11 is 1.60. The number of benzene rings is 1. The number of nitrogens with zero attached hydrogens (tertiary/aromatic N) is 1. The van der Waals surface area contributed by atoms with E-state index in [9.17, 15) is 4.79 Å². The molecule has 1 aromatic carbocycles. The van der Waals surface area contributed by atoms with Crippen molar-refractivity contribution < 1.29 is 19.0 Å². The van der Waals surface area contributed by atoms with Gasteiger partial charge in [-0.1, -0.05) is 41.5 Å². The van der Waals surface area contributed by atoms with E-state index < -0.39 is 0 Å². The van der Waals surface area contributed by atoms with Gasteiger partial charge >= 0.3 is 0 Å². The summed E-state index contributed by atoms with van der Waals surface area (Å²) < 4.78 is 16.4. The first-order chi connectivity index (χ1) is 13.5. The zero-order valence-electron chi connectivity index (χ0n) is 19.0. The molecular weight excluding hydrogens is 386 g/mol. The van der Waals surface area contributed by atoms with Crippen LogP contribution in [0.4, 0.5) is 0 Å². The third kappa shape index (κ3) is 6.00. The maximum atomic E-state index is 12.8. The zero-order valence-corrected chi connectivity index (χ0v) is 19.9. The van der Waals surface area contributed by atoms with Gasteiger partial charge in [0.1, 0.15) is 12.5 Å². The number of amides is 1. The lowest BCUT2D eigenvalue weighted by atomic mass is 9.78. The number of ether oxygens (including phenoxy) is 3. The van der Waals surface area contributed by atoms with Crippen molar-refractivity contribution in [2.24, 2.45) is 0 Å². The molecule has 1 saturated heterocycles. The van der Waals surface area contributed by atoms with Crippen molar-refractivity contribution in [2.45, 2.75) is 52.4 Å². The van der Waals surface area contributed by atoms with Gasteiger partial charge in [0.25, 0.3) is 5.91 Å². The molecule has 0 unspecified atom stereocenters. The van der Waals surface area contributed by atoms with Crippen LogP contribution in [0.15, 0.2) is 17.0 Å². The first kappa shape index (κ1) is 23.8. The fourth-order valence-electron chi connectivity index (χ4n) is 3.24. The molecule has 0 N–H and O–H groups in total. The molecule has 2 rings (SSSR count). The van der Waals surface area contributed by atoms with Crippen molar-refractivity contribution in [3.05, 3.63) is 33.7 Å². The normalized spacial score (nSPS) is 17.2. The number of thioether (sulfide) groups is 1. The van der Waals surface area contributed by atoms with E-state index in [0.29, 0.717) is 13.3 Å². The van der Waals surface area contributed by atoms with E-state index >= 15 is 0 Å². The van der Waals surface area contributed by atoms with Gasteiger partial charge in [-0.25, -0.2) is 0 Å². The van der Waals surface area contributed by atoms with Crippen LogP contribution in [0.25, 0.3) is 6.08 Å². The minimum absolute atomic E-state index is 0.0254. The molecule has 6 heteroatoms. The summed E-state index contributed by atoms with van der Waals surface area (Å²) in [5.74, 6) is 1.77. The SMILES string of the molecule is COCOc1c(C(C)(C)C)cc(/C=C2/SCCN(COC)C2=O)cc1C(C)(C)C. The van der Waals surface area contributed by atoms with Crippen LogP contribution < -0.4 is 4.74 Å². The molecule has 5 nitrogen and oxygen atoms in total. The molecule has 1 heterocycles. The van der Waals surface area contributed by atoms with E-state index in [1.807, 2.05) is 6.08 Å². The standard InChI is InChI=1S/C23H35NO4S/c1-22(2,3)17-11-16(12-18(23(4,5)6)20(17)28-15-27-8)13-19-21(25)24(14-26-7)9-10-29-19/h11-13H,9-10,14-15H2,1-8H3/b19-13+. The van der Waals surface area contributed by atoms with E-state index in [1.54, 1.807) is 30.9 Å². The van der Waals surface area contributed by atoms with Crippen molar-refractivity contribution in [3.63, 3.8) is 0 Å². The Morgan fingerprint density at radius 3 is 2.10 bits per heavy atom. The van der Waals surface area contributed by atoms with Gasteiger partial charge < -0.3 is 19.1 Å². The third-order valence-corrected chi connectivity index (χ3v) is 5.74. The Morgan fingerprint density at radius 2 is 1.62 bits per heavy atom. The van der Waals surface area contributed by atoms with Crippen molar-refractivity contribution in [3.8, 4) is 5.75 Å². The number of hydrogen-bond acceptors (Lipinski definition) is 5. The average Bonchev–Trinajstić information content (AvgIpc) is 2.62. The summed E-state index contributed by atoms with van der Waals surface area (Å²) in [6.45, 7) is 14.3. The van der Waals surface area contributed by atoms with Gasteiger partial charge in [-0.2, -0.15) is 0 Å². The maximum absolute atomic E-state index is 12.8. The van der Waals surface area contributed by atoms with Gasteiger partial charge in [0, 0.05) is 37.6 Å². The lowest BCUT2D eigenvalue weighted by Gasteiger charge is -2.30. The molecule has 1 fully saturated rings. The van der Waals surface area contributed by atoms with Gasteiger partial charge in [-0.3, -0.25) is 4.79 Å². The van der Waals surface area contributed by atoms with Crippen LogP contribution in [-0.4, -0.2) is 50.8 Å². The Bertz CT molecular complexity index is 722. The molecule has 1 aliphatic heterocycles. The maximum Gasteiger partial charge on any atom is 0.262 e. The monoisotopic (exact) mass is 421 g/mol. The van der Waals surface area contributed by atoms with E-state index in [4.69, 9.17) is 14.2 Å². The molecule has 0 aromatic heterocycles. The fraction of sp³-hybridized carbons (Fsp3) is 0.609. The van der Waals surface area contributed by atoms with Crippen LogP contribution >= 0.6 is 11.8 Å². The molecular formula is C23H35NO4S. The molecule has 0 atom stereocenters. The molecule has 0 aliphatic carbocycles. The number of carbonyl (C=O) groups excluding carboxylic acids is 1. The second-order valence-electron chi connectivity index (χ2n) is 9.34. The predicted octanol–water partition coefficient (Wildman–Crippen LogP) is 4.78. The van der Waals surface area contributed by atoms with Crippen LogP contribution in [0.3, 0.4) is 0 Å². The number of rotatable bonds is 6. The molecule has 1 aromatic rings. The van der Waals surface area contributed by atoms with E-state index in [1.165, 1.54) is 0 Å². The number of hydrogen-bond donors (Lipinski definition) is 0. The quantitative estimate of drug-likeness (QED) is 0.488. The molecule has 0 saturated carbocycles. The van der Waals surface area contributed by atoms with Gasteiger partial charge in [0.05, 0.1) is 4.91 Å². The highest BCUT2D eigenvalue weighted by Gasteiger charge is 2.29. The molecule has 29 heavy (non-hydrogen) atoms. The topological polar surface area (TPSA) is 48.0 Å². The van der Waals surface area contributed by atoms with Crippen LogP contribution in [-0.2, 0) is 25.1 Å².